The summed E-state index contributed by atoms with van der Waals surface area (Å²) in [6, 6.07) is 15.0. The number of carbonyl (C=O) groups is 1. The number of nitrogens with one attached hydrogen (secondary N) is 1. The lowest BCUT2D eigenvalue weighted by Crippen LogP contribution is -2.17. The number of benzene rings is 2. The maximum atomic E-state index is 11.7. The Morgan fingerprint density at radius 3 is 2.38 bits per heavy atom. The van der Waals surface area contributed by atoms with E-state index in [4.69, 9.17) is 26.4 Å². The zero-order chi connectivity index (χ0) is 18.4. The summed E-state index contributed by atoms with van der Waals surface area (Å²) in [5.74, 6) is 1.95. The smallest absolute Gasteiger partial charge is 0.263 e. The van der Waals surface area contributed by atoms with Crippen LogP contribution >= 0.6 is 24.0 Å². The molecule has 1 aliphatic heterocycles. The summed E-state index contributed by atoms with van der Waals surface area (Å²) in [7, 11) is 1.61. The largest absolute Gasteiger partial charge is 0.493 e. The fraction of sp³-hybridized carbons (Fsp3) is 0.158. The van der Waals surface area contributed by atoms with E-state index in [1.54, 1.807) is 13.2 Å². The number of para-hydroxylation sites is 2. The Labute approximate surface area is 161 Å². The first-order valence-corrected chi connectivity index (χ1v) is 9.12. The van der Waals surface area contributed by atoms with Gasteiger partial charge in [-0.15, -0.1) is 0 Å². The van der Waals surface area contributed by atoms with Crippen molar-refractivity contribution >= 4 is 40.3 Å². The van der Waals surface area contributed by atoms with Crippen LogP contribution in [0.1, 0.15) is 5.56 Å². The number of methoxy groups -OCH3 is 1. The van der Waals surface area contributed by atoms with Crippen LogP contribution in [0.5, 0.6) is 17.2 Å². The minimum Gasteiger partial charge on any atom is -0.493 e. The molecule has 26 heavy (non-hydrogen) atoms. The maximum Gasteiger partial charge on any atom is 0.263 e. The number of hydrogen-bond acceptors (Lipinski definition) is 6. The van der Waals surface area contributed by atoms with Gasteiger partial charge in [0.15, 0.2) is 11.5 Å². The van der Waals surface area contributed by atoms with E-state index in [9.17, 15) is 4.79 Å². The van der Waals surface area contributed by atoms with Gasteiger partial charge < -0.3 is 19.5 Å². The Morgan fingerprint density at radius 2 is 1.73 bits per heavy atom. The van der Waals surface area contributed by atoms with E-state index in [-0.39, 0.29) is 5.91 Å². The summed E-state index contributed by atoms with van der Waals surface area (Å²) >= 11 is 6.24. The maximum absolute atomic E-state index is 11.7. The van der Waals surface area contributed by atoms with Crippen LogP contribution in [0.2, 0.25) is 0 Å². The number of amides is 1. The van der Waals surface area contributed by atoms with Crippen molar-refractivity contribution in [1.29, 1.82) is 0 Å². The van der Waals surface area contributed by atoms with E-state index < -0.39 is 0 Å². The molecule has 0 atom stereocenters. The fourth-order valence-electron chi connectivity index (χ4n) is 2.28. The summed E-state index contributed by atoms with van der Waals surface area (Å²) in [4.78, 5) is 12.2. The molecule has 0 spiro atoms. The molecule has 1 N–H and O–H groups in total. The van der Waals surface area contributed by atoms with Crippen LogP contribution in [0.15, 0.2) is 53.4 Å². The third-order valence-corrected chi connectivity index (χ3v) is 4.66. The van der Waals surface area contributed by atoms with Gasteiger partial charge in [-0.05, 0) is 35.9 Å². The number of thioether (sulfide) groups is 1. The van der Waals surface area contributed by atoms with Crippen molar-refractivity contribution in [2.24, 2.45) is 0 Å². The van der Waals surface area contributed by atoms with Gasteiger partial charge in [0.2, 0.25) is 0 Å². The highest BCUT2D eigenvalue weighted by Crippen LogP contribution is 2.27. The average molecular weight is 387 g/mol. The third-order valence-electron chi connectivity index (χ3n) is 3.50. The highest BCUT2D eigenvalue weighted by Gasteiger charge is 2.21. The first-order chi connectivity index (χ1) is 12.7. The first-order valence-electron chi connectivity index (χ1n) is 7.89. The minimum atomic E-state index is -0.159. The van der Waals surface area contributed by atoms with Gasteiger partial charge in [-0.3, -0.25) is 4.79 Å². The Bertz CT molecular complexity index is 834. The second kappa shape index (κ2) is 8.73. The predicted molar refractivity (Wildman–Crippen MR) is 107 cm³/mol. The molecule has 0 unspecified atom stereocenters. The molecule has 5 nitrogen and oxygen atoms in total. The predicted octanol–water partition coefficient (Wildman–Crippen LogP) is 3.64. The Kier molecular flexibility index (Phi) is 6.14. The van der Waals surface area contributed by atoms with Crippen molar-refractivity contribution in [3.8, 4) is 17.2 Å². The van der Waals surface area contributed by atoms with Crippen molar-refractivity contribution in [3.05, 3.63) is 59.0 Å². The van der Waals surface area contributed by atoms with Crippen LogP contribution in [-0.4, -0.2) is 30.6 Å². The number of rotatable bonds is 7. The van der Waals surface area contributed by atoms with Crippen LogP contribution in [0.4, 0.5) is 0 Å². The van der Waals surface area contributed by atoms with Crippen LogP contribution < -0.4 is 19.5 Å². The van der Waals surface area contributed by atoms with Crippen molar-refractivity contribution in [2.75, 3.05) is 20.3 Å². The van der Waals surface area contributed by atoms with E-state index in [0.29, 0.717) is 33.9 Å². The molecular formula is C19H17NO4S2. The number of hydrogen-bond donors (Lipinski definition) is 1. The van der Waals surface area contributed by atoms with Gasteiger partial charge in [0.05, 0.1) is 12.0 Å². The highest BCUT2D eigenvalue weighted by molar-refractivity contribution is 8.26. The van der Waals surface area contributed by atoms with E-state index in [1.807, 2.05) is 48.5 Å². The highest BCUT2D eigenvalue weighted by atomic mass is 32.2. The zero-order valence-corrected chi connectivity index (χ0v) is 15.7. The molecule has 0 aromatic heterocycles. The minimum absolute atomic E-state index is 0.159. The number of carbonyl (C=O) groups excluding carboxylic acids is 1. The third kappa shape index (κ3) is 4.77. The lowest BCUT2D eigenvalue weighted by Gasteiger charge is -2.11. The molecule has 0 saturated carbocycles. The van der Waals surface area contributed by atoms with Gasteiger partial charge in [-0.2, -0.15) is 0 Å². The van der Waals surface area contributed by atoms with Crippen molar-refractivity contribution in [2.45, 2.75) is 0 Å². The molecule has 1 amide bonds. The van der Waals surface area contributed by atoms with Crippen LogP contribution in [0, 0.1) is 0 Å². The second-order valence-electron chi connectivity index (χ2n) is 5.27. The topological polar surface area (TPSA) is 56.8 Å². The van der Waals surface area contributed by atoms with Crippen molar-refractivity contribution in [1.82, 2.24) is 5.32 Å². The number of ether oxygens (including phenoxy) is 3. The van der Waals surface area contributed by atoms with E-state index in [1.165, 1.54) is 11.8 Å². The van der Waals surface area contributed by atoms with Crippen molar-refractivity contribution < 1.29 is 19.0 Å². The molecule has 1 saturated heterocycles. The second-order valence-corrected chi connectivity index (χ2v) is 6.99. The van der Waals surface area contributed by atoms with Gasteiger partial charge in [0.25, 0.3) is 5.91 Å². The summed E-state index contributed by atoms with van der Waals surface area (Å²) in [6.45, 7) is 0.811. The van der Waals surface area contributed by atoms with Gasteiger partial charge in [0.1, 0.15) is 23.3 Å². The molecular weight excluding hydrogens is 370 g/mol. The van der Waals surface area contributed by atoms with Gasteiger partial charge >= 0.3 is 0 Å². The molecule has 7 heteroatoms. The molecule has 0 aliphatic carbocycles. The van der Waals surface area contributed by atoms with Gasteiger partial charge in [0, 0.05) is 0 Å². The zero-order valence-electron chi connectivity index (χ0n) is 14.1. The van der Waals surface area contributed by atoms with E-state index >= 15 is 0 Å². The van der Waals surface area contributed by atoms with E-state index in [2.05, 4.69) is 5.32 Å². The molecule has 2 aromatic carbocycles. The Hall–Kier alpha value is -2.51. The van der Waals surface area contributed by atoms with Crippen LogP contribution in [0.3, 0.4) is 0 Å². The molecule has 1 aliphatic rings. The summed E-state index contributed by atoms with van der Waals surface area (Å²) in [5.41, 5.74) is 0.907. The molecule has 2 aromatic rings. The normalized spacial score (nSPS) is 15.0. The average Bonchev–Trinajstić information content (AvgIpc) is 2.97. The Balaban J connectivity index is 1.50. The molecule has 3 rings (SSSR count). The van der Waals surface area contributed by atoms with Gasteiger partial charge in [-0.1, -0.05) is 48.2 Å². The SMILES string of the molecule is COc1ccccc1OCCOc1ccc(/C=C2/SC(=S)NC2=O)cc1. The Morgan fingerprint density at radius 1 is 1.04 bits per heavy atom. The standard InChI is InChI=1S/C19H17NO4S2/c1-22-15-4-2-3-5-16(15)24-11-10-23-14-8-6-13(7-9-14)12-17-18(21)20-19(25)26-17/h2-9,12H,10-11H2,1H3,(H,20,21,25)/b17-12+. The van der Waals surface area contributed by atoms with E-state index in [0.717, 1.165) is 11.3 Å². The molecule has 1 fully saturated rings. The molecule has 0 radical (unpaired) electrons. The number of thiocarbonyl (C=S) groups is 1. The summed E-state index contributed by atoms with van der Waals surface area (Å²) < 4.78 is 17.1. The lowest BCUT2D eigenvalue weighted by atomic mass is 10.2. The fourth-order valence-corrected chi connectivity index (χ4v) is 3.33. The lowest BCUT2D eigenvalue weighted by molar-refractivity contribution is -0.115. The van der Waals surface area contributed by atoms with Crippen LogP contribution in [-0.2, 0) is 4.79 Å². The first kappa shape index (κ1) is 18.3. The quantitative estimate of drug-likeness (QED) is 0.445. The molecule has 134 valence electrons. The summed E-state index contributed by atoms with van der Waals surface area (Å²) in [6.07, 6.45) is 1.80. The van der Waals surface area contributed by atoms with Crippen molar-refractivity contribution in [3.63, 3.8) is 0 Å². The van der Waals surface area contributed by atoms with Gasteiger partial charge in [-0.25, -0.2) is 0 Å². The monoisotopic (exact) mass is 387 g/mol. The van der Waals surface area contributed by atoms with Crippen LogP contribution in [0.25, 0.3) is 6.08 Å². The molecule has 0 bridgehead atoms. The summed E-state index contributed by atoms with van der Waals surface area (Å²) in [5, 5.41) is 2.59. The molecule has 1 heterocycles.